The summed E-state index contributed by atoms with van der Waals surface area (Å²) in [5.41, 5.74) is -0.0439. The predicted octanol–water partition coefficient (Wildman–Crippen LogP) is 0.600. The molecule has 1 amide bonds. The molecule has 0 radical (unpaired) electrons. The minimum absolute atomic E-state index is 0.0633. The van der Waals surface area contributed by atoms with E-state index in [4.69, 9.17) is 4.74 Å². The Balaban J connectivity index is 1.86. The standard InChI is InChI=1S/C13H17N3O3S/c1-2-9-8-15(3-5-19-9)11(17)10-7-14-13-16(12(10)18)4-6-20-13/h7,9H,2-6,8H2,1H3. The molecule has 7 heteroatoms. The van der Waals surface area contributed by atoms with Gasteiger partial charge in [0.05, 0.1) is 12.7 Å². The summed E-state index contributed by atoms with van der Waals surface area (Å²) in [7, 11) is 0. The average Bonchev–Trinajstić information content (AvgIpc) is 2.96. The Morgan fingerprint density at radius 1 is 1.55 bits per heavy atom. The van der Waals surface area contributed by atoms with E-state index in [1.165, 1.54) is 6.20 Å². The maximum absolute atomic E-state index is 12.5. The molecule has 2 aliphatic rings. The van der Waals surface area contributed by atoms with E-state index in [1.807, 2.05) is 6.92 Å². The Bertz CT molecular complexity index is 587. The summed E-state index contributed by atoms with van der Waals surface area (Å²) >= 11 is 1.55. The lowest BCUT2D eigenvalue weighted by Gasteiger charge is -2.32. The van der Waals surface area contributed by atoms with Crippen LogP contribution in [0, 0.1) is 0 Å². The van der Waals surface area contributed by atoms with Crippen molar-refractivity contribution in [3.63, 3.8) is 0 Å². The smallest absolute Gasteiger partial charge is 0.267 e. The number of rotatable bonds is 2. The van der Waals surface area contributed by atoms with Gasteiger partial charge in [-0.15, -0.1) is 0 Å². The summed E-state index contributed by atoms with van der Waals surface area (Å²) in [5.74, 6) is 0.617. The van der Waals surface area contributed by atoms with Crippen LogP contribution >= 0.6 is 11.8 Å². The van der Waals surface area contributed by atoms with E-state index in [2.05, 4.69) is 4.98 Å². The summed E-state index contributed by atoms with van der Waals surface area (Å²) in [6.07, 6.45) is 2.35. The number of morpholine rings is 1. The van der Waals surface area contributed by atoms with Crippen molar-refractivity contribution < 1.29 is 9.53 Å². The van der Waals surface area contributed by atoms with E-state index in [9.17, 15) is 9.59 Å². The van der Waals surface area contributed by atoms with Crippen molar-refractivity contribution in [1.82, 2.24) is 14.5 Å². The van der Waals surface area contributed by atoms with Crippen LogP contribution in [0.5, 0.6) is 0 Å². The molecule has 1 aromatic rings. The molecule has 1 atom stereocenters. The second kappa shape index (κ2) is 5.57. The number of hydrogen-bond donors (Lipinski definition) is 0. The van der Waals surface area contributed by atoms with Gasteiger partial charge in [0.25, 0.3) is 11.5 Å². The van der Waals surface area contributed by atoms with Gasteiger partial charge >= 0.3 is 0 Å². The number of thioether (sulfide) groups is 1. The van der Waals surface area contributed by atoms with Gasteiger partial charge in [0, 0.05) is 31.6 Å². The third-order valence-electron chi connectivity index (χ3n) is 3.67. The molecule has 0 bridgehead atoms. The number of nitrogens with zero attached hydrogens (tertiary/aromatic N) is 3. The fourth-order valence-corrected chi connectivity index (χ4v) is 3.40. The Morgan fingerprint density at radius 3 is 3.20 bits per heavy atom. The highest BCUT2D eigenvalue weighted by Crippen LogP contribution is 2.21. The molecule has 3 heterocycles. The molecule has 0 aliphatic carbocycles. The first-order chi connectivity index (χ1) is 9.70. The maximum Gasteiger partial charge on any atom is 0.267 e. The Hall–Kier alpha value is -1.34. The SMILES string of the molecule is CCC1CN(C(=O)c2cnc3n(c2=O)CCS3)CCO1. The van der Waals surface area contributed by atoms with E-state index in [0.29, 0.717) is 31.4 Å². The number of hydrogen-bond acceptors (Lipinski definition) is 5. The molecule has 0 saturated carbocycles. The van der Waals surface area contributed by atoms with E-state index in [-0.39, 0.29) is 23.1 Å². The minimum atomic E-state index is -0.226. The molecule has 0 aromatic carbocycles. The van der Waals surface area contributed by atoms with Crippen LogP contribution < -0.4 is 5.56 Å². The van der Waals surface area contributed by atoms with Crippen LogP contribution in [0.4, 0.5) is 0 Å². The molecule has 1 unspecified atom stereocenters. The van der Waals surface area contributed by atoms with Crippen LogP contribution in [0.25, 0.3) is 0 Å². The third-order valence-corrected chi connectivity index (χ3v) is 4.64. The Morgan fingerprint density at radius 2 is 2.40 bits per heavy atom. The summed E-state index contributed by atoms with van der Waals surface area (Å²) in [5, 5.41) is 0.708. The van der Waals surface area contributed by atoms with Crippen molar-refractivity contribution in [2.45, 2.75) is 31.1 Å². The number of carbonyl (C=O) groups is 1. The van der Waals surface area contributed by atoms with Gasteiger partial charge in [0.15, 0.2) is 5.16 Å². The van der Waals surface area contributed by atoms with Crippen LogP contribution in [-0.4, -0.2) is 51.9 Å². The molecule has 1 saturated heterocycles. The summed E-state index contributed by atoms with van der Waals surface area (Å²) in [4.78, 5) is 30.7. The number of ether oxygens (including phenoxy) is 1. The van der Waals surface area contributed by atoms with Crippen LogP contribution in [0.1, 0.15) is 23.7 Å². The molecule has 1 aromatic heterocycles. The van der Waals surface area contributed by atoms with Crippen LogP contribution in [0.3, 0.4) is 0 Å². The van der Waals surface area contributed by atoms with Crippen molar-refractivity contribution in [3.8, 4) is 0 Å². The Kier molecular flexibility index (Phi) is 3.80. The van der Waals surface area contributed by atoms with Crippen LogP contribution in [-0.2, 0) is 11.3 Å². The first-order valence-electron chi connectivity index (χ1n) is 6.84. The third kappa shape index (κ3) is 2.35. The highest BCUT2D eigenvalue weighted by Gasteiger charge is 2.27. The first kappa shape index (κ1) is 13.6. The zero-order valence-electron chi connectivity index (χ0n) is 11.4. The predicted molar refractivity (Wildman–Crippen MR) is 75.2 cm³/mol. The van der Waals surface area contributed by atoms with Crippen LogP contribution in [0.15, 0.2) is 16.1 Å². The topological polar surface area (TPSA) is 64.4 Å². The number of fused-ring (bicyclic) bond motifs is 1. The quantitative estimate of drug-likeness (QED) is 0.748. The van der Waals surface area contributed by atoms with E-state index < -0.39 is 0 Å². The fraction of sp³-hybridized carbons (Fsp3) is 0.615. The monoisotopic (exact) mass is 295 g/mol. The molecule has 1 fully saturated rings. The van der Waals surface area contributed by atoms with Crippen molar-refractivity contribution in [2.75, 3.05) is 25.4 Å². The lowest BCUT2D eigenvalue weighted by atomic mass is 10.2. The van der Waals surface area contributed by atoms with Crippen LogP contribution in [0.2, 0.25) is 0 Å². The highest BCUT2D eigenvalue weighted by molar-refractivity contribution is 7.99. The molecule has 0 spiro atoms. The largest absolute Gasteiger partial charge is 0.375 e. The molecular formula is C13H17N3O3S. The van der Waals surface area contributed by atoms with Gasteiger partial charge in [-0.2, -0.15) is 0 Å². The van der Waals surface area contributed by atoms with Gasteiger partial charge < -0.3 is 9.64 Å². The van der Waals surface area contributed by atoms with E-state index in [1.54, 1.807) is 21.2 Å². The molecule has 6 nitrogen and oxygen atoms in total. The van der Waals surface area contributed by atoms with Crippen molar-refractivity contribution in [3.05, 3.63) is 22.1 Å². The normalized spacial score (nSPS) is 21.9. The number of carbonyl (C=O) groups excluding carboxylic acids is 1. The molecule has 108 valence electrons. The Labute approximate surface area is 121 Å². The van der Waals surface area contributed by atoms with Crippen molar-refractivity contribution in [1.29, 1.82) is 0 Å². The molecule has 2 aliphatic heterocycles. The zero-order chi connectivity index (χ0) is 14.1. The molecular weight excluding hydrogens is 278 g/mol. The van der Waals surface area contributed by atoms with Gasteiger partial charge in [0.2, 0.25) is 0 Å². The average molecular weight is 295 g/mol. The van der Waals surface area contributed by atoms with Gasteiger partial charge in [-0.3, -0.25) is 14.2 Å². The molecule has 3 rings (SSSR count). The van der Waals surface area contributed by atoms with Gasteiger partial charge in [-0.1, -0.05) is 18.7 Å². The van der Waals surface area contributed by atoms with Gasteiger partial charge in [-0.25, -0.2) is 4.98 Å². The second-order valence-corrected chi connectivity index (χ2v) is 5.97. The van der Waals surface area contributed by atoms with Crippen molar-refractivity contribution >= 4 is 17.7 Å². The van der Waals surface area contributed by atoms with E-state index in [0.717, 1.165) is 12.2 Å². The lowest BCUT2D eigenvalue weighted by molar-refractivity contribution is -0.0227. The van der Waals surface area contributed by atoms with Gasteiger partial charge in [-0.05, 0) is 6.42 Å². The summed E-state index contributed by atoms with van der Waals surface area (Å²) in [6, 6.07) is 0. The summed E-state index contributed by atoms with van der Waals surface area (Å²) < 4.78 is 7.14. The second-order valence-electron chi connectivity index (χ2n) is 4.91. The lowest BCUT2D eigenvalue weighted by Crippen LogP contribution is -2.47. The van der Waals surface area contributed by atoms with Gasteiger partial charge in [0.1, 0.15) is 5.56 Å². The highest BCUT2D eigenvalue weighted by atomic mass is 32.2. The molecule has 0 N–H and O–H groups in total. The number of aromatic nitrogens is 2. The number of amides is 1. The zero-order valence-corrected chi connectivity index (χ0v) is 12.2. The maximum atomic E-state index is 12.5. The molecule has 20 heavy (non-hydrogen) atoms. The first-order valence-corrected chi connectivity index (χ1v) is 7.82. The van der Waals surface area contributed by atoms with Crippen molar-refractivity contribution in [2.24, 2.45) is 0 Å². The minimum Gasteiger partial charge on any atom is -0.375 e. The summed E-state index contributed by atoms with van der Waals surface area (Å²) in [6.45, 7) is 4.27. The fourth-order valence-electron chi connectivity index (χ4n) is 2.49. The van der Waals surface area contributed by atoms with E-state index >= 15 is 0 Å².